The summed E-state index contributed by atoms with van der Waals surface area (Å²) in [6.45, 7) is 1.80. The Morgan fingerprint density at radius 1 is 1.50 bits per heavy atom. The second-order valence-corrected chi connectivity index (χ2v) is 2.98. The first kappa shape index (κ1) is 10.5. The lowest BCUT2D eigenvalue weighted by atomic mass is 10.0. The predicted octanol–water partition coefficient (Wildman–Crippen LogP) is 1.70. The lowest BCUT2D eigenvalue weighted by Crippen LogP contribution is -1.99. The van der Waals surface area contributed by atoms with Gasteiger partial charge in [-0.2, -0.15) is 0 Å². The number of rotatable bonds is 3. The average molecular weight is 192 g/mol. The summed E-state index contributed by atoms with van der Waals surface area (Å²) >= 11 is 0. The highest BCUT2D eigenvalue weighted by Gasteiger charge is 2.06. The molecule has 0 saturated carbocycles. The predicted molar refractivity (Wildman–Crippen MR) is 54.3 cm³/mol. The molecule has 0 heterocycles. The quantitative estimate of drug-likeness (QED) is 0.766. The molecular weight excluding hydrogens is 180 g/mol. The molecule has 0 aliphatic rings. The molecule has 0 radical (unpaired) electrons. The topological polar surface area (TPSA) is 57.5 Å². The summed E-state index contributed by atoms with van der Waals surface area (Å²) < 4.78 is 0. The Hall–Kier alpha value is -1.61. The zero-order valence-corrected chi connectivity index (χ0v) is 7.90. The number of carboxylic acids is 1. The maximum atomic E-state index is 10.8. The molecule has 0 spiro atoms. The summed E-state index contributed by atoms with van der Waals surface area (Å²) in [6.07, 6.45) is 3.12. The third-order valence-electron chi connectivity index (χ3n) is 1.84. The second kappa shape index (κ2) is 4.58. The van der Waals surface area contributed by atoms with Crippen molar-refractivity contribution in [1.82, 2.24) is 0 Å². The number of hydrogen-bond donors (Lipinski definition) is 2. The Morgan fingerprint density at radius 2 is 2.21 bits per heavy atom. The molecule has 0 atom stereocenters. The van der Waals surface area contributed by atoms with Gasteiger partial charge >= 0.3 is 5.97 Å². The molecule has 0 saturated heterocycles. The molecule has 0 fully saturated rings. The van der Waals surface area contributed by atoms with Crippen molar-refractivity contribution in [3.05, 3.63) is 41.0 Å². The molecule has 1 aromatic rings. The van der Waals surface area contributed by atoms with Gasteiger partial charge in [0.2, 0.25) is 0 Å². The van der Waals surface area contributed by atoms with Crippen LogP contribution in [0, 0.1) is 6.92 Å². The van der Waals surface area contributed by atoms with Gasteiger partial charge in [-0.05, 0) is 18.6 Å². The van der Waals surface area contributed by atoms with Gasteiger partial charge in [-0.1, -0.05) is 29.8 Å². The van der Waals surface area contributed by atoms with Crippen molar-refractivity contribution in [2.24, 2.45) is 0 Å². The number of aliphatic hydroxyl groups is 1. The van der Waals surface area contributed by atoms with Crippen LogP contribution in [0.5, 0.6) is 0 Å². The van der Waals surface area contributed by atoms with Crippen molar-refractivity contribution in [2.75, 3.05) is 6.61 Å². The van der Waals surface area contributed by atoms with Gasteiger partial charge in [0, 0.05) is 0 Å². The maximum absolute atomic E-state index is 10.8. The standard InChI is InChI=1S/C11H12O3/c1-8-4-5-10(11(13)14)9(7-8)3-2-6-12/h2-5,7,12H,6H2,1H3,(H,13,14). The molecule has 0 unspecified atom stereocenters. The van der Waals surface area contributed by atoms with Crippen LogP contribution < -0.4 is 0 Å². The monoisotopic (exact) mass is 192 g/mol. The van der Waals surface area contributed by atoms with Crippen molar-refractivity contribution in [3.63, 3.8) is 0 Å². The van der Waals surface area contributed by atoms with Gasteiger partial charge in [0.1, 0.15) is 0 Å². The van der Waals surface area contributed by atoms with Crippen molar-refractivity contribution < 1.29 is 15.0 Å². The van der Waals surface area contributed by atoms with Gasteiger partial charge in [-0.3, -0.25) is 0 Å². The van der Waals surface area contributed by atoms with Crippen LogP contribution in [0.1, 0.15) is 21.5 Å². The van der Waals surface area contributed by atoms with Crippen LogP contribution in [0.2, 0.25) is 0 Å². The lowest BCUT2D eigenvalue weighted by molar-refractivity contribution is 0.0696. The number of hydrogen-bond acceptors (Lipinski definition) is 2. The van der Waals surface area contributed by atoms with Gasteiger partial charge in [0.15, 0.2) is 0 Å². The first-order chi connectivity index (χ1) is 6.65. The van der Waals surface area contributed by atoms with Crippen LogP contribution in [0.3, 0.4) is 0 Å². The summed E-state index contributed by atoms with van der Waals surface area (Å²) in [5.41, 5.74) is 1.86. The van der Waals surface area contributed by atoms with Crippen LogP contribution >= 0.6 is 0 Å². The second-order valence-electron chi connectivity index (χ2n) is 2.98. The Bertz CT molecular complexity index is 367. The fourth-order valence-electron chi connectivity index (χ4n) is 1.19. The van der Waals surface area contributed by atoms with E-state index in [0.717, 1.165) is 5.56 Å². The maximum Gasteiger partial charge on any atom is 0.336 e. The van der Waals surface area contributed by atoms with Crippen LogP contribution in [0.25, 0.3) is 6.08 Å². The molecule has 0 aliphatic heterocycles. The Labute approximate surface area is 82.3 Å². The first-order valence-electron chi connectivity index (χ1n) is 4.26. The van der Waals surface area contributed by atoms with E-state index in [1.165, 1.54) is 6.08 Å². The minimum absolute atomic E-state index is 0.0903. The number of carbonyl (C=O) groups is 1. The Balaban J connectivity index is 3.15. The summed E-state index contributed by atoms with van der Waals surface area (Å²) in [7, 11) is 0. The van der Waals surface area contributed by atoms with E-state index < -0.39 is 5.97 Å². The van der Waals surface area contributed by atoms with E-state index in [-0.39, 0.29) is 12.2 Å². The molecule has 14 heavy (non-hydrogen) atoms. The van der Waals surface area contributed by atoms with Crippen molar-refractivity contribution in [3.8, 4) is 0 Å². The average Bonchev–Trinajstić information content (AvgIpc) is 2.14. The molecule has 3 heteroatoms. The van der Waals surface area contributed by atoms with Gasteiger partial charge in [-0.15, -0.1) is 0 Å². The highest BCUT2D eigenvalue weighted by atomic mass is 16.4. The van der Waals surface area contributed by atoms with Gasteiger partial charge in [0.05, 0.1) is 12.2 Å². The Kier molecular flexibility index (Phi) is 3.42. The number of aliphatic hydroxyl groups excluding tert-OH is 1. The molecular formula is C11H12O3. The van der Waals surface area contributed by atoms with Crippen molar-refractivity contribution in [2.45, 2.75) is 6.92 Å². The lowest BCUT2D eigenvalue weighted by Gasteiger charge is -2.02. The van der Waals surface area contributed by atoms with Crippen LogP contribution in [-0.4, -0.2) is 22.8 Å². The molecule has 74 valence electrons. The molecule has 0 bridgehead atoms. The molecule has 0 amide bonds. The van der Waals surface area contributed by atoms with Gasteiger partial charge < -0.3 is 10.2 Å². The van der Waals surface area contributed by atoms with E-state index in [9.17, 15) is 4.79 Å². The summed E-state index contributed by atoms with van der Waals surface area (Å²) in [6, 6.07) is 5.09. The first-order valence-corrected chi connectivity index (χ1v) is 4.26. The molecule has 3 nitrogen and oxygen atoms in total. The van der Waals surface area contributed by atoms with E-state index in [0.29, 0.717) is 5.56 Å². The summed E-state index contributed by atoms with van der Waals surface area (Å²) in [5.74, 6) is -0.956. The van der Waals surface area contributed by atoms with Crippen LogP contribution in [0.4, 0.5) is 0 Å². The summed E-state index contributed by atoms with van der Waals surface area (Å²) in [4.78, 5) is 10.8. The van der Waals surface area contributed by atoms with Crippen molar-refractivity contribution in [1.29, 1.82) is 0 Å². The third kappa shape index (κ3) is 2.44. The molecule has 0 aromatic heterocycles. The van der Waals surface area contributed by atoms with E-state index in [1.807, 2.05) is 6.92 Å². The smallest absolute Gasteiger partial charge is 0.336 e. The third-order valence-corrected chi connectivity index (χ3v) is 1.84. The van der Waals surface area contributed by atoms with Gasteiger partial charge in [-0.25, -0.2) is 4.79 Å². The minimum atomic E-state index is -0.956. The highest BCUT2D eigenvalue weighted by Crippen LogP contribution is 2.13. The van der Waals surface area contributed by atoms with Crippen molar-refractivity contribution >= 4 is 12.0 Å². The van der Waals surface area contributed by atoms with E-state index >= 15 is 0 Å². The number of carboxylic acid groups (broad SMARTS) is 1. The minimum Gasteiger partial charge on any atom is -0.478 e. The number of aromatic carboxylic acids is 1. The highest BCUT2D eigenvalue weighted by molar-refractivity contribution is 5.92. The molecule has 2 N–H and O–H groups in total. The molecule has 0 aliphatic carbocycles. The van der Waals surface area contributed by atoms with Crippen LogP contribution in [0.15, 0.2) is 24.3 Å². The SMILES string of the molecule is Cc1ccc(C(=O)O)c(C=CCO)c1. The molecule has 1 rings (SSSR count). The number of aryl methyl sites for hydroxylation is 1. The normalized spacial score (nSPS) is 10.7. The number of benzene rings is 1. The summed E-state index contributed by atoms with van der Waals surface area (Å²) in [5, 5.41) is 17.5. The van der Waals surface area contributed by atoms with Gasteiger partial charge in [0.25, 0.3) is 0 Å². The Morgan fingerprint density at radius 3 is 2.79 bits per heavy atom. The fourth-order valence-corrected chi connectivity index (χ4v) is 1.19. The zero-order valence-electron chi connectivity index (χ0n) is 7.90. The van der Waals surface area contributed by atoms with Crippen LogP contribution in [-0.2, 0) is 0 Å². The largest absolute Gasteiger partial charge is 0.478 e. The zero-order chi connectivity index (χ0) is 10.6. The van der Waals surface area contributed by atoms with E-state index in [4.69, 9.17) is 10.2 Å². The van der Waals surface area contributed by atoms with E-state index in [1.54, 1.807) is 24.3 Å². The fraction of sp³-hybridized carbons (Fsp3) is 0.182. The van der Waals surface area contributed by atoms with E-state index in [2.05, 4.69) is 0 Å². The molecule has 1 aromatic carbocycles.